The number of hydrogen-bond donors (Lipinski definition) is 1. The summed E-state index contributed by atoms with van der Waals surface area (Å²) < 4.78 is 5.18. The maximum Gasteiger partial charge on any atom is 0.317 e. The molecular weight excluding hydrogens is 290 g/mol. The van der Waals surface area contributed by atoms with Crippen LogP contribution >= 0.6 is 0 Å². The van der Waals surface area contributed by atoms with Crippen molar-refractivity contribution in [3.63, 3.8) is 0 Å². The summed E-state index contributed by atoms with van der Waals surface area (Å²) in [7, 11) is 1.69. The van der Waals surface area contributed by atoms with E-state index in [9.17, 15) is 4.79 Å². The molecule has 1 aromatic carbocycles. The molecule has 0 saturated carbocycles. The second-order valence-electron chi connectivity index (χ2n) is 6.51. The summed E-state index contributed by atoms with van der Waals surface area (Å²) in [6, 6.07) is 8.33. The van der Waals surface area contributed by atoms with Crippen molar-refractivity contribution >= 4 is 6.03 Å². The summed E-state index contributed by atoms with van der Waals surface area (Å²) >= 11 is 0. The van der Waals surface area contributed by atoms with E-state index in [1.165, 1.54) is 5.56 Å². The molecule has 1 N–H and O–H groups in total. The van der Waals surface area contributed by atoms with Crippen molar-refractivity contribution < 1.29 is 9.53 Å². The maximum atomic E-state index is 12.0. The van der Waals surface area contributed by atoms with E-state index in [-0.39, 0.29) is 6.03 Å². The average Bonchev–Trinajstić information content (AvgIpc) is 2.58. The van der Waals surface area contributed by atoms with Crippen LogP contribution in [0.5, 0.6) is 5.75 Å². The average molecular weight is 319 g/mol. The van der Waals surface area contributed by atoms with Crippen molar-refractivity contribution in [3.8, 4) is 5.75 Å². The molecule has 5 nitrogen and oxygen atoms in total. The molecule has 2 rings (SSSR count). The number of benzene rings is 1. The van der Waals surface area contributed by atoms with Gasteiger partial charge >= 0.3 is 6.03 Å². The first-order valence-corrected chi connectivity index (χ1v) is 8.46. The van der Waals surface area contributed by atoms with Gasteiger partial charge in [0.05, 0.1) is 7.11 Å². The van der Waals surface area contributed by atoms with Gasteiger partial charge in [0.25, 0.3) is 0 Å². The van der Waals surface area contributed by atoms with Gasteiger partial charge in [-0.2, -0.15) is 0 Å². The summed E-state index contributed by atoms with van der Waals surface area (Å²) in [5.74, 6) is 1.39. The van der Waals surface area contributed by atoms with E-state index >= 15 is 0 Å². The molecule has 1 heterocycles. The van der Waals surface area contributed by atoms with Gasteiger partial charge in [-0.05, 0) is 30.0 Å². The van der Waals surface area contributed by atoms with Crippen molar-refractivity contribution in [1.82, 2.24) is 15.1 Å². The lowest BCUT2D eigenvalue weighted by Crippen LogP contribution is -2.52. The third kappa shape index (κ3) is 5.75. The van der Waals surface area contributed by atoms with Gasteiger partial charge in [-0.3, -0.25) is 4.90 Å². The first kappa shape index (κ1) is 17.6. The molecule has 0 aromatic heterocycles. The number of nitrogens with one attached hydrogen (secondary N) is 1. The van der Waals surface area contributed by atoms with Crippen molar-refractivity contribution in [3.05, 3.63) is 29.8 Å². The molecule has 1 aliphatic heterocycles. The van der Waals surface area contributed by atoms with Crippen LogP contribution in [-0.2, 0) is 6.42 Å². The van der Waals surface area contributed by atoms with E-state index in [4.69, 9.17) is 4.74 Å². The zero-order valence-electron chi connectivity index (χ0n) is 14.5. The Balaban J connectivity index is 1.68. The van der Waals surface area contributed by atoms with Crippen LogP contribution in [0.3, 0.4) is 0 Å². The van der Waals surface area contributed by atoms with Crippen LogP contribution in [0.2, 0.25) is 0 Å². The Morgan fingerprint density at radius 1 is 1.17 bits per heavy atom. The minimum atomic E-state index is 0.0773. The van der Waals surface area contributed by atoms with E-state index in [0.717, 1.165) is 51.4 Å². The molecule has 2 amide bonds. The van der Waals surface area contributed by atoms with Gasteiger partial charge < -0.3 is 15.0 Å². The Hall–Kier alpha value is -1.75. The number of urea groups is 1. The Kier molecular flexibility index (Phi) is 6.71. The molecule has 1 saturated heterocycles. The Labute approximate surface area is 139 Å². The van der Waals surface area contributed by atoms with E-state index in [0.29, 0.717) is 5.92 Å². The number of methoxy groups -OCH3 is 1. The highest BCUT2D eigenvalue weighted by molar-refractivity contribution is 5.74. The van der Waals surface area contributed by atoms with Crippen molar-refractivity contribution in [1.29, 1.82) is 0 Å². The van der Waals surface area contributed by atoms with Crippen molar-refractivity contribution in [2.24, 2.45) is 5.92 Å². The smallest absolute Gasteiger partial charge is 0.317 e. The Morgan fingerprint density at radius 3 is 2.39 bits per heavy atom. The fraction of sp³-hybridized carbons (Fsp3) is 0.611. The van der Waals surface area contributed by atoms with Crippen LogP contribution in [0.1, 0.15) is 19.4 Å². The van der Waals surface area contributed by atoms with Crippen LogP contribution in [0.25, 0.3) is 0 Å². The lowest BCUT2D eigenvalue weighted by Gasteiger charge is -2.34. The summed E-state index contributed by atoms with van der Waals surface area (Å²) in [5.41, 5.74) is 1.32. The van der Waals surface area contributed by atoms with Gasteiger partial charge in [-0.1, -0.05) is 26.0 Å². The molecule has 0 aliphatic carbocycles. The molecule has 0 atom stereocenters. The van der Waals surface area contributed by atoms with Crippen LogP contribution in [0, 0.1) is 5.92 Å². The fourth-order valence-corrected chi connectivity index (χ4v) is 2.66. The van der Waals surface area contributed by atoms with E-state index < -0.39 is 0 Å². The van der Waals surface area contributed by atoms with Crippen molar-refractivity contribution in [2.75, 3.05) is 46.4 Å². The van der Waals surface area contributed by atoms with Gasteiger partial charge in [0.15, 0.2) is 0 Å². The molecular formula is C18H29N3O2. The number of carbonyl (C=O) groups excluding carboxylic acids is 1. The summed E-state index contributed by atoms with van der Waals surface area (Å²) in [6.45, 7) is 9.52. The number of amides is 2. The molecule has 0 radical (unpaired) electrons. The van der Waals surface area contributed by atoms with Crippen LogP contribution in [0.4, 0.5) is 4.79 Å². The molecule has 0 unspecified atom stereocenters. The Morgan fingerprint density at radius 2 is 1.83 bits per heavy atom. The number of hydrogen-bond acceptors (Lipinski definition) is 3. The standard InChI is InChI=1S/C18H29N3O2/c1-15(2)14-19-18(22)21-12-10-20(11-13-21)9-8-16-4-6-17(23-3)7-5-16/h4-7,15H,8-14H2,1-3H3,(H,19,22). The largest absolute Gasteiger partial charge is 0.497 e. The van der Waals surface area contributed by atoms with Gasteiger partial charge in [0.2, 0.25) is 0 Å². The number of nitrogens with zero attached hydrogens (tertiary/aromatic N) is 2. The van der Waals surface area contributed by atoms with E-state index in [2.05, 4.69) is 36.2 Å². The second-order valence-corrected chi connectivity index (χ2v) is 6.51. The first-order chi connectivity index (χ1) is 11.1. The Bertz CT molecular complexity index is 480. The van der Waals surface area contributed by atoms with Gasteiger partial charge in [-0.15, -0.1) is 0 Å². The number of rotatable bonds is 6. The third-order valence-corrected chi connectivity index (χ3v) is 4.20. The molecule has 1 fully saturated rings. The number of piperazine rings is 1. The molecule has 23 heavy (non-hydrogen) atoms. The first-order valence-electron chi connectivity index (χ1n) is 8.46. The minimum Gasteiger partial charge on any atom is -0.497 e. The predicted octanol–water partition coefficient (Wildman–Crippen LogP) is 2.22. The zero-order chi connectivity index (χ0) is 16.7. The van der Waals surface area contributed by atoms with Crippen molar-refractivity contribution in [2.45, 2.75) is 20.3 Å². The number of carbonyl (C=O) groups is 1. The van der Waals surface area contributed by atoms with Gasteiger partial charge in [0, 0.05) is 39.3 Å². The molecule has 5 heteroatoms. The molecule has 1 aliphatic rings. The SMILES string of the molecule is COc1ccc(CCN2CCN(C(=O)NCC(C)C)CC2)cc1. The normalized spacial score (nSPS) is 15.7. The summed E-state index contributed by atoms with van der Waals surface area (Å²) in [4.78, 5) is 16.4. The molecule has 1 aromatic rings. The maximum absolute atomic E-state index is 12.0. The van der Waals surface area contributed by atoms with Gasteiger partial charge in [-0.25, -0.2) is 4.79 Å². The van der Waals surface area contributed by atoms with Gasteiger partial charge in [0.1, 0.15) is 5.75 Å². The summed E-state index contributed by atoms with van der Waals surface area (Å²) in [6.07, 6.45) is 1.03. The fourth-order valence-electron chi connectivity index (χ4n) is 2.66. The highest BCUT2D eigenvalue weighted by atomic mass is 16.5. The molecule has 0 spiro atoms. The minimum absolute atomic E-state index is 0.0773. The van der Waals surface area contributed by atoms with Crippen LogP contribution in [-0.4, -0.2) is 62.2 Å². The molecule has 0 bridgehead atoms. The van der Waals surface area contributed by atoms with E-state index in [1.54, 1.807) is 7.11 Å². The monoisotopic (exact) mass is 319 g/mol. The second kappa shape index (κ2) is 8.77. The van der Waals surface area contributed by atoms with Crippen LogP contribution in [0.15, 0.2) is 24.3 Å². The summed E-state index contributed by atoms with van der Waals surface area (Å²) in [5, 5.41) is 2.99. The predicted molar refractivity (Wildman–Crippen MR) is 92.9 cm³/mol. The van der Waals surface area contributed by atoms with Crippen LogP contribution < -0.4 is 10.1 Å². The lowest BCUT2D eigenvalue weighted by molar-refractivity contribution is 0.139. The number of ether oxygens (including phenoxy) is 1. The highest BCUT2D eigenvalue weighted by Gasteiger charge is 2.20. The van der Waals surface area contributed by atoms with E-state index in [1.807, 2.05) is 17.0 Å². The quantitative estimate of drug-likeness (QED) is 0.874. The molecule has 128 valence electrons. The highest BCUT2D eigenvalue weighted by Crippen LogP contribution is 2.12. The topological polar surface area (TPSA) is 44.8 Å². The third-order valence-electron chi connectivity index (χ3n) is 4.20. The lowest BCUT2D eigenvalue weighted by atomic mass is 10.1. The zero-order valence-corrected chi connectivity index (χ0v) is 14.5.